The first kappa shape index (κ1) is 23.2. The van der Waals surface area contributed by atoms with Gasteiger partial charge in [-0.3, -0.25) is 4.79 Å². The number of benzene rings is 1. The molecule has 182 valence electrons. The van der Waals surface area contributed by atoms with Crippen molar-refractivity contribution >= 4 is 17.4 Å². The SMILES string of the molecule is Cc1ccc(NC(=O)c2cc(C(F)(F)F)cnn2)cc1-c1cc(C2CC2)nc(N2CCOCC2)c1. The van der Waals surface area contributed by atoms with Crippen molar-refractivity contribution < 1.29 is 22.7 Å². The molecule has 1 aliphatic heterocycles. The molecule has 1 saturated heterocycles. The molecule has 0 bridgehead atoms. The number of morpholine rings is 1. The number of halogens is 3. The fraction of sp³-hybridized carbons (Fsp3) is 0.360. The van der Waals surface area contributed by atoms with Crippen LogP contribution in [0.25, 0.3) is 11.1 Å². The number of alkyl halides is 3. The van der Waals surface area contributed by atoms with Crippen LogP contribution in [-0.4, -0.2) is 47.4 Å². The summed E-state index contributed by atoms with van der Waals surface area (Å²) in [6.07, 6.45) is -1.79. The molecular weight excluding hydrogens is 459 g/mol. The fourth-order valence-electron chi connectivity index (χ4n) is 4.07. The molecule has 0 spiro atoms. The number of nitrogens with zero attached hydrogens (tertiary/aromatic N) is 4. The number of carbonyl (C=O) groups is 1. The van der Waals surface area contributed by atoms with Crippen molar-refractivity contribution in [2.75, 3.05) is 36.5 Å². The van der Waals surface area contributed by atoms with Gasteiger partial charge in [-0.1, -0.05) is 6.07 Å². The summed E-state index contributed by atoms with van der Waals surface area (Å²) in [4.78, 5) is 19.7. The van der Waals surface area contributed by atoms with E-state index >= 15 is 0 Å². The first-order valence-corrected chi connectivity index (χ1v) is 11.4. The van der Waals surface area contributed by atoms with Crippen molar-refractivity contribution in [1.82, 2.24) is 15.2 Å². The normalized spacial score (nSPS) is 16.3. The molecule has 1 N–H and O–H groups in total. The van der Waals surface area contributed by atoms with Crippen LogP contribution in [0.1, 0.15) is 46.1 Å². The van der Waals surface area contributed by atoms with Crippen LogP contribution in [-0.2, 0) is 10.9 Å². The molecule has 0 unspecified atom stereocenters. The number of aryl methyl sites for hydroxylation is 1. The lowest BCUT2D eigenvalue weighted by molar-refractivity contribution is -0.137. The molecule has 2 fully saturated rings. The van der Waals surface area contributed by atoms with Gasteiger partial charge in [-0.25, -0.2) is 4.98 Å². The summed E-state index contributed by atoms with van der Waals surface area (Å²) >= 11 is 0. The van der Waals surface area contributed by atoms with E-state index in [1.54, 1.807) is 6.07 Å². The minimum Gasteiger partial charge on any atom is -0.378 e. The summed E-state index contributed by atoms with van der Waals surface area (Å²) in [5.41, 5.74) is 2.97. The van der Waals surface area contributed by atoms with Crippen LogP contribution in [0.3, 0.4) is 0 Å². The highest BCUT2D eigenvalue weighted by atomic mass is 19.4. The van der Waals surface area contributed by atoms with Crippen LogP contribution in [0.15, 0.2) is 42.6 Å². The maximum Gasteiger partial charge on any atom is 0.418 e. The molecule has 1 aliphatic carbocycles. The van der Waals surface area contributed by atoms with E-state index in [-0.39, 0.29) is 0 Å². The Labute approximate surface area is 200 Å². The fourth-order valence-corrected chi connectivity index (χ4v) is 4.07. The van der Waals surface area contributed by atoms with Crippen molar-refractivity contribution in [1.29, 1.82) is 0 Å². The minimum absolute atomic E-state index is 0.406. The summed E-state index contributed by atoms with van der Waals surface area (Å²) in [7, 11) is 0. The molecule has 2 aromatic heterocycles. The van der Waals surface area contributed by atoms with Gasteiger partial charge in [0.15, 0.2) is 5.69 Å². The first-order valence-electron chi connectivity index (χ1n) is 11.4. The molecule has 2 aliphatic rings. The Morgan fingerprint density at radius 1 is 1.11 bits per heavy atom. The zero-order valence-corrected chi connectivity index (χ0v) is 19.1. The van der Waals surface area contributed by atoms with E-state index in [1.807, 2.05) is 25.1 Å². The van der Waals surface area contributed by atoms with Gasteiger partial charge < -0.3 is 15.0 Å². The number of carbonyl (C=O) groups excluding carboxylic acids is 1. The molecule has 0 radical (unpaired) electrons. The molecule has 1 saturated carbocycles. The molecule has 10 heteroatoms. The van der Waals surface area contributed by atoms with Crippen molar-refractivity contribution in [3.05, 3.63) is 65.1 Å². The largest absolute Gasteiger partial charge is 0.418 e. The average molecular weight is 483 g/mol. The van der Waals surface area contributed by atoms with Gasteiger partial charge in [0.2, 0.25) is 0 Å². The summed E-state index contributed by atoms with van der Waals surface area (Å²) in [6, 6.07) is 10.2. The van der Waals surface area contributed by atoms with Gasteiger partial charge in [0, 0.05) is 30.4 Å². The smallest absolute Gasteiger partial charge is 0.378 e. The van der Waals surface area contributed by atoms with E-state index in [0.717, 1.165) is 54.1 Å². The molecule has 3 heterocycles. The van der Waals surface area contributed by atoms with Gasteiger partial charge in [-0.2, -0.15) is 18.3 Å². The quantitative estimate of drug-likeness (QED) is 0.560. The van der Waals surface area contributed by atoms with Crippen LogP contribution in [0.4, 0.5) is 24.7 Å². The molecule has 5 rings (SSSR count). The number of pyridine rings is 1. The van der Waals surface area contributed by atoms with E-state index in [1.165, 1.54) is 0 Å². The summed E-state index contributed by atoms with van der Waals surface area (Å²) < 4.78 is 44.4. The van der Waals surface area contributed by atoms with Crippen LogP contribution in [0.2, 0.25) is 0 Å². The van der Waals surface area contributed by atoms with Crippen LogP contribution in [0.5, 0.6) is 0 Å². The van der Waals surface area contributed by atoms with Crippen molar-refractivity contribution in [3.63, 3.8) is 0 Å². The second kappa shape index (κ2) is 9.26. The number of hydrogen-bond donors (Lipinski definition) is 1. The summed E-state index contributed by atoms with van der Waals surface area (Å²) in [6.45, 7) is 4.83. The molecular formula is C25H24F3N5O2. The average Bonchev–Trinajstić information content (AvgIpc) is 3.71. The van der Waals surface area contributed by atoms with E-state index in [2.05, 4.69) is 26.5 Å². The highest BCUT2D eigenvalue weighted by Crippen LogP contribution is 2.42. The standard InChI is InChI=1S/C25H24F3N5O2/c1-15-2-5-19(30-24(34)22-12-18(14-29-32-22)25(26,27)28)13-20(15)17-10-21(16-3-4-16)31-23(11-17)33-6-8-35-9-7-33/h2,5,10-14,16H,3-4,6-9H2,1H3,(H,30,34). The maximum atomic E-state index is 13.0. The van der Waals surface area contributed by atoms with Gasteiger partial charge in [-0.05, 0) is 66.8 Å². The lowest BCUT2D eigenvalue weighted by Crippen LogP contribution is -2.36. The molecule has 1 amide bonds. The zero-order valence-electron chi connectivity index (χ0n) is 19.1. The monoisotopic (exact) mass is 483 g/mol. The lowest BCUT2D eigenvalue weighted by atomic mass is 9.98. The number of hydrogen-bond acceptors (Lipinski definition) is 6. The highest BCUT2D eigenvalue weighted by molar-refractivity contribution is 6.03. The molecule has 35 heavy (non-hydrogen) atoms. The van der Waals surface area contributed by atoms with E-state index in [0.29, 0.717) is 37.1 Å². The predicted molar refractivity (Wildman–Crippen MR) is 124 cm³/mol. The highest BCUT2D eigenvalue weighted by Gasteiger charge is 2.32. The Morgan fingerprint density at radius 2 is 1.89 bits per heavy atom. The third-order valence-corrected chi connectivity index (χ3v) is 6.18. The van der Waals surface area contributed by atoms with Gasteiger partial charge in [0.1, 0.15) is 5.82 Å². The van der Waals surface area contributed by atoms with Crippen LogP contribution in [0, 0.1) is 6.92 Å². The minimum atomic E-state index is -4.61. The third kappa shape index (κ3) is 5.27. The number of nitrogens with one attached hydrogen (secondary N) is 1. The topological polar surface area (TPSA) is 80.2 Å². The molecule has 0 atom stereocenters. The molecule has 1 aromatic carbocycles. The Bertz CT molecular complexity index is 1250. The van der Waals surface area contributed by atoms with E-state index in [4.69, 9.17) is 9.72 Å². The van der Waals surface area contributed by atoms with Gasteiger partial charge >= 0.3 is 6.18 Å². The van der Waals surface area contributed by atoms with Crippen LogP contribution < -0.4 is 10.2 Å². The van der Waals surface area contributed by atoms with Crippen LogP contribution >= 0.6 is 0 Å². The summed E-state index contributed by atoms with van der Waals surface area (Å²) in [5.74, 6) is 0.596. The number of amides is 1. The number of anilines is 2. The Kier molecular flexibility index (Phi) is 6.14. The van der Waals surface area contributed by atoms with Crippen molar-refractivity contribution in [3.8, 4) is 11.1 Å². The van der Waals surface area contributed by atoms with Gasteiger partial charge in [0.25, 0.3) is 5.91 Å². The number of rotatable bonds is 5. The predicted octanol–water partition coefficient (Wildman–Crippen LogP) is 4.83. The third-order valence-electron chi connectivity index (χ3n) is 6.18. The lowest BCUT2D eigenvalue weighted by Gasteiger charge is -2.28. The second-order valence-corrected chi connectivity index (χ2v) is 8.82. The molecule has 3 aromatic rings. The zero-order chi connectivity index (χ0) is 24.6. The maximum absolute atomic E-state index is 13.0. The Balaban J connectivity index is 1.45. The number of ether oxygens (including phenoxy) is 1. The molecule has 7 nitrogen and oxygen atoms in total. The Hall–Kier alpha value is -3.53. The van der Waals surface area contributed by atoms with E-state index in [9.17, 15) is 18.0 Å². The van der Waals surface area contributed by atoms with Crippen molar-refractivity contribution in [2.45, 2.75) is 31.9 Å². The van der Waals surface area contributed by atoms with Gasteiger partial charge in [-0.15, -0.1) is 5.10 Å². The van der Waals surface area contributed by atoms with Crippen molar-refractivity contribution in [2.24, 2.45) is 0 Å². The summed E-state index contributed by atoms with van der Waals surface area (Å²) in [5, 5.41) is 9.54. The first-order chi connectivity index (χ1) is 16.8. The van der Waals surface area contributed by atoms with E-state index < -0.39 is 23.3 Å². The Morgan fingerprint density at radius 3 is 2.60 bits per heavy atom. The second-order valence-electron chi connectivity index (χ2n) is 8.82. The van der Waals surface area contributed by atoms with Gasteiger partial charge in [0.05, 0.1) is 25.0 Å². The number of aromatic nitrogens is 3.